The van der Waals surface area contributed by atoms with E-state index in [-0.39, 0.29) is 5.78 Å². The lowest BCUT2D eigenvalue weighted by Crippen LogP contribution is -2.00. The smallest absolute Gasteiger partial charge is 0.163 e. The third-order valence-electron chi connectivity index (χ3n) is 3.67. The number of carbonyl (C=O) groups is 1. The molecule has 0 unspecified atom stereocenters. The highest BCUT2D eigenvalue weighted by atomic mass is 16.1. The van der Waals surface area contributed by atoms with E-state index in [1.54, 1.807) is 0 Å². The van der Waals surface area contributed by atoms with Gasteiger partial charge >= 0.3 is 0 Å². The molecule has 22 heavy (non-hydrogen) atoms. The Labute approximate surface area is 130 Å². The molecule has 0 bridgehead atoms. The van der Waals surface area contributed by atoms with Crippen molar-refractivity contribution in [3.63, 3.8) is 0 Å². The number of aryl methyl sites for hydroxylation is 2. The van der Waals surface area contributed by atoms with Gasteiger partial charge in [0.2, 0.25) is 0 Å². The summed E-state index contributed by atoms with van der Waals surface area (Å²) in [6.07, 6.45) is 5.02. The molecular formula is C19H18N2O. The summed E-state index contributed by atoms with van der Waals surface area (Å²) in [5.41, 5.74) is 4.05. The maximum atomic E-state index is 12.2. The number of para-hydroxylation sites is 1. The molecule has 0 N–H and O–H groups in total. The molecule has 0 radical (unpaired) electrons. The Morgan fingerprint density at radius 2 is 1.77 bits per heavy atom. The number of nitrogens with zero attached hydrogens (tertiary/aromatic N) is 2. The molecule has 3 nitrogen and oxygen atoms in total. The molecule has 2 aromatic carbocycles. The molecular weight excluding hydrogens is 272 g/mol. The van der Waals surface area contributed by atoms with Gasteiger partial charge in [-0.15, -0.1) is 0 Å². The van der Waals surface area contributed by atoms with Crippen LogP contribution in [0.3, 0.4) is 0 Å². The number of aromatic nitrogens is 2. The van der Waals surface area contributed by atoms with Crippen LogP contribution in [-0.4, -0.2) is 15.6 Å². The fourth-order valence-electron chi connectivity index (χ4n) is 2.35. The summed E-state index contributed by atoms with van der Waals surface area (Å²) in [5, 5.41) is 4.35. The maximum Gasteiger partial charge on any atom is 0.163 e. The van der Waals surface area contributed by atoms with Gasteiger partial charge in [-0.25, -0.2) is 4.68 Å². The molecule has 0 atom stereocenters. The van der Waals surface area contributed by atoms with Crippen molar-refractivity contribution >= 4 is 5.78 Å². The highest BCUT2D eigenvalue weighted by Gasteiger charge is 2.07. The molecule has 0 spiro atoms. The quantitative estimate of drug-likeness (QED) is 0.666. The Kier molecular flexibility index (Phi) is 4.15. The number of benzene rings is 2. The van der Waals surface area contributed by atoms with E-state index in [1.807, 2.05) is 78.6 Å². The number of hydrogen-bond acceptors (Lipinski definition) is 2. The Morgan fingerprint density at radius 1 is 1.05 bits per heavy atom. The molecule has 0 fully saturated rings. The van der Waals surface area contributed by atoms with Crippen LogP contribution >= 0.6 is 0 Å². The molecule has 3 heteroatoms. The van der Waals surface area contributed by atoms with Crippen LogP contribution in [-0.2, 0) is 6.42 Å². The van der Waals surface area contributed by atoms with Crippen LogP contribution in [0.15, 0.2) is 67.0 Å². The van der Waals surface area contributed by atoms with E-state index in [0.29, 0.717) is 12.8 Å². The first-order valence-corrected chi connectivity index (χ1v) is 7.41. The third kappa shape index (κ3) is 3.31. The van der Waals surface area contributed by atoms with Gasteiger partial charge in [-0.05, 0) is 31.0 Å². The van der Waals surface area contributed by atoms with Crippen LogP contribution in [0.4, 0.5) is 0 Å². The first-order chi connectivity index (χ1) is 10.7. The van der Waals surface area contributed by atoms with Crippen molar-refractivity contribution in [3.8, 4) is 5.69 Å². The summed E-state index contributed by atoms with van der Waals surface area (Å²) < 4.78 is 1.84. The van der Waals surface area contributed by atoms with E-state index in [1.165, 1.54) is 5.56 Å². The van der Waals surface area contributed by atoms with Crippen LogP contribution in [0.5, 0.6) is 0 Å². The van der Waals surface area contributed by atoms with Gasteiger partial charge < -0.3 is 0 Å². The normalized spacial score (nSPS) is 10.6. The molecule has 1 heterocycles. The second kappa shape index (κ2) is 6.39. The average Bonchev–Trinajstić information content (AvgIpc) is 3.03. The molecule has 0 saturated carbocycles. The van der Waals surface area contributed by atoms with Gasteiger partial charge in [-0.2, -0.15) is 5.10 Å². The fraction of sp³-hybridized carbons (Fsp3) is 0.158. The molecule has 3 rings (SSSR count). The third-order valence-corrected chi connectivity index (χ3v) is 3.67. The van der Waals surface area contributed by atoms with Gasteiger partial charge in [-0.1, -0.05) is 48.0 Å². The monoisotopic (exact) mass is 290 g/mol. The largest absolute Gasteiger partial charge is 0.294 e. The number of hydrogen-bond donors (Lipinski definition) is 0. The average molecular weight is 290 g/mol. The van der Waals surface area contributed by atoms with Crippen molar-refractivity contribution in [1.82, 2.24) is 9.78 Å². The van der Waals surface area contributed by atoms with E-state index in [0.717, 1.165) is 16.8 Å². The number of rotatable bonds is 5. The summed E-state index contributed by atoms with van der Waals surface area (Å²) in [6, 6.07) is 17.7. The van der Waals surface area contributed by atoms with Crippen molar-refractivity contribution in [1.29, 1.82) is 0 Å². The molecule has 1 aromatic heterocycles. The van der Waals surface area contributed by atoms with Crippen LogP contribution < -0.4 is 0 Å². The van der Waals surface area contributed by atoms with Gasteiger partial charge in [0.05, 0.1) is 11.9 Å². The van der Waals surface area contributed by atoms with Crippen LogP contribution in [0, 0.1) is 6.92 Å². The van der Waals surface area contributed by atoms with Crippen LogP contribution in [0.2, 0.25) is 0 Å². The molecule has 3 aromatic rings. The topological polar surface area (TPSA) is 34.9 Å². The molecule has 0 aliphatic rings. The highest BCUT2D eigenvalue weighted by Crippen LogP contribution is 2.12. The first kappa shape index (κ1) is 14.3. The first-order valence-electron chi connectivity index (χ1n) is 7.41. The second-order valence-corrected chi connectivity index (χ2v) is 5.42. The lowest BCUT2D eigenvalue weighted by atomic mass is 10.0. The summed E-state index contributed by atoms with van der Waals surface area (Å²) in [5.74, 6) is 0.174. The zero-order valence-corrected chi connectivity index (χ0v) is 12.6. The minimum absolute atomic E-state index is 0.174. The molecule has 110 valence electrons. The van der Waals surface area contributed by atoms with Crippen molar-refractivity contribution in [2.24, 2.45) is 0 Å². The van der Waals surface area contributed by atoms with E-state index in [9.17, 15) is 4.79 Å². The van der Waals surface area contributed by atoms with Crippen LogP contribution in [0.25, 0.3) is 5.69 Å². The highest BCUT2D eigenvalue weighted by molar-refractivity contribution is 5.96. The Balaban J connectivity index is 1.64. The Bertz CT molecular complexity index is 758. The van der Waals surface area contributed by atoms with Gasteiger partial charge in [0.25, 0.3) is 0 Å². The zero-order valence-electron chi connectivity index (χ0n) is 12.6. The lowest BCUT2D eigenvalue weighted by Gasteiger charge is -2.01. The summed E-state index contributed by atoms with van der Waals surface area (Å²) >= 11 is 0. The molecule has 0 aliphatic heterocycles. The van der Waals surface area contributed by atoms with E-state index in [4.69, 9.17) is 0 Å². The second-order valence-electron chi connectivity index (χ2n) is 5.42. The van der Waals surface area contributed by atoms with E-state index >= 15 is 0 Å². The van der Waals surface area contributed by atoms with E-state index < -0.39 is 0 Å². The van der Waals surface area contributed by atoms with Gasteiger partial charge in [0, 0.05) is 18.2 Å². The van der Waals surface area contributed by atoms with Gasteiger partial charge in [-0.3, -0.25) is 4.79 Å². The van der Waals surface area contributed by atoms with Crippen molar-refractivity contribution in [2.45, 2.75) is 19.8 Å². The summed E-state index contributed by atoms with van der Waals surface area (Å²) in [7, 11) is 0. The summed E-state index contributed by atoms with van der Waals surface area (Å²) in [4.78, 5) is 12.2. The standard InChI is InChI=1S/C19H18N2O/c1-15-7-10-17(11-8-15)19(22)12-9-16-13-20-21(14-16)18-5-3-2-4-6-18/h2-8,10-11,13-14H,9,12H2,1H3. The Hall–Kier alpha value is -2.68. The molecule has 0 amide bonds. The Morgan fingerprint density at radius 3 is 2.50 bits per heavy atom. The van der Waals surface area contributed by atoms with Crippen LogP contribution in [0.1, 0.15) is 27.9 Å². The lowest BCUT2D eigenvalue weighted by molar-refractivity contribution is 0.0983. The number of carbonyl (C=O) groups excluding carboxylic acids is 1. The van der Waals surface area contributed by atoms with Crippen molar-refractivity contribution < 1.29 is 4.79 Å². The minimum atomic E-state index is 0.174. The van der Waals surface area contributed by atoms with Gasteiger partial charge in [0.15, 0.2) is 5.78 Å². The van der Waals surface area contributed by atoms with Crippen molar-refractivity contribution in [3.05, 3.63) is 83.7 Å². The predicted octanol–water partition coefficient (Wildman–Crippen LogP) is 4.00. The SMILES string of the molecule is Cc1ccc(C(=O)CCc2cnn(-c3ccccc3)c2)cc1. The molecule has 0 saturated heterocycles. The molecule has 0 aliphatic carbocycles. The fourth-order valence-corrected chi connectivity index (χ4v) is 2.35. The predicted molar refractivity (Wildman–Crippen MR) is 87.4 cm³/mol. The van der Waals surface area contributed by atoms with Crippen molar-refractivity contribution in [2.75, 3.05) is 0 Å². The van der Waals surface area contributed by atoms with Gasteiger partial charge in [0.1, 0.15) is 0 Å². The minimum Gasteiger partial charge on any atom is -0.294 e. The maximum absolute atomic E-state index is 12.2. The zero-order chi connectivity index (χ0) is 15.4. The van der Waals surface area contributed by atoms with E-state index in [2.05, 4.69) is 5.10 Å². The number of Topliss-reactive ketones (excluding diaryl/α,β-unsaturated/α-hetero) is 1. The summed E-state index contributed by atoms with van der Waals surface area (Å²) in [6.45, 7) is 2.02. The number of ketones is 1.